The van der Waals surface area contributed by atoms with Crippen molar-refractivity contribution in [3.8, 4) is 0 Å². The minimum absolute atomic E-state index is 1.55. The number of alkyl halides is 5. The number of hydrogen-bond donors (Lipinski definition) is 1. The summed E-state index contributed by atoms with van der Waals surface area (Å²) in [7, 11) is 0. The number of hydrogen-bond acceptors (Lipinski definition) is 1. The van der Waals surface area contributed by atoms with E-state index >= 15 is 0 Å². The number of nitrogens with two attached hydrogens (primary N) is 1. The topological polar surface area (TPSA) is 26.0 Å². The van der Waals surface area contributed by atoms with Gasteiger partial charge in [-0.2, -0.15) is 17.6 Å². The van der Waals surface area contributed by atoms with Crippen molar-refractivity contribution >= 4 is 0 Å². The lowest BCUT2D eigenvalue weighted by Gasteiger charge is -2.21. The van der Waals surface area contributed by atoms with Crippen molar-refractivity contribution in [2.24, 2.45) is 5.73 Å². The second-order valence-electron chi connectivity index (χ2n) is 1.75. The Balaban J connectivity index is 4.28. The van der Waals surface area contributed by atoms with Gasteiger partial charge in [0.15, 0.2) is 6.67 Å². The maximum Gasteiger partial charge on any atom is 0.339 e. The molecule has 0 fully saturated rings. The molecule has 0 heterocycles. The normalized spacial score (nSPS) is 13.8. The minimum Gasteiger partial charge on any atom is -0.325 e. The minimum atomic E-state index is -4.64. The van der Waals surface area contributed by atoms with Crippen LogP contribution in [0.4, 0.5) is 22.0 Å². The van der Waals surface area contributed by atoms with Crippen LogP contribution in [0.3, 0.4) is 0 Å². The Morgan fingerprint density at radius 3 is 1.50 bits per heavy atom. The summed E-state index contributed by atoms with van der Waals surface area (Å²) in [5, 5.41) is 0. The molecule has 0 bridgehead atoms. The Labute approximate surface area is 54.0 Å². The monoisotopic (exact) mass is 163 g/mol. The summed E-state index contributed by atoms with van der Waals surface area (Å²) < 4.78 is 58.3. The Bertz CT molecular complexity index is 98.2. The molecule has 62 valence electrons. The summed E-state index contributed by atoms with van der Waals surface area (Å²) in [5.74, 6) is -9.08. The van der Waals surface area contributed by atoms with Crippen LogP contribution in [0.5, 0.6) is 0 Å². The molecule has 0 radical (unpaired) electrons. The Morgan fingerprint density at radius 2 is 1.40 bits per heavy atom. The van der Waals surface area contributed by atoms with E-state index in [1.54, 1.807) is 0 Å². The highest BCUT2D eigenvalue weighted by molar-refractivity contribution is 4.84. The van der Waals surface area contributed by atoms with Gasteiger partial charge in [-0.15, -0.1) is 0 Å². The molecule has 6 heteroatoms. The third kappa shape index (κ3) is 1.56. The van der Waals surface area contributed by atoms with E-state index in [2.05, 4.69) is 5.73 Å². The summed E-state index contributed by atoms with van der Waals surface area (Å²) in [5.41, 5.74) is 4.27. The lowest BCUT2D eigenvalue weighted by molar-refractivity contribution is -0.209. The summed E-state index contributed by atoms with van der Waals surface area (Å²) >= 11 is 0. The van der Waals surface area contributed by atoms with Crippen LogP contribution in [0.15, 0.2) is 0 Å². The lowest BCUT2D eigenvalue weighted by Crippen LogP contribution is -2.47. The van der Waals surface area contributed by atoms with Crippen LogP contribution in [0.25, 0.3) is 0 Å². The average molecular weight is 163 g/mol. The Hall–Kier alpha value is -0.390. The molecule has 0 amide bonds. The predicted molar refractivity (Wildman–Crippen MR) is 24.9 cm³/mol. The molecule has 1 nitrogen and oxygen atoms in total. The van der Waals surface area contributed by atoms with Gasteiger partial charge in [-0.25, -0.2) is 4.39 Å². The maximum absolute atomic E-state index is 11.8. The molecule has 0 rings (SSSR count). The molecule has 0 spiro atoms. The van der Waals surface area contributed by atoms with Crippen molar-refractivity contribution in [3.05, 3.63) is 0 Å². The van der Waals surface area contributed by atoms with Gasteiger partial charge in [0.2, 0.25) is 0 Å². The van der Waals surface area contributed by atoms with Crippen molar-refractivity contribution < 1.29 is 22.0 Å². The van der Waals surface area contributed by atoms with E-state index in [4.69, 9.17) is 0 Å². The zero-order valence-electron chi connectivity index (χ0n) is 4.88. The van der Waals surface area contributed by atoms with E-state index in [0.29, 0.717) is 0 Å². The van der Waals surface area contributed by atoms with Gasteiger partial charge in [-0.3, -0.25) is 0 Å². The number of halogens is 5. The smallest absolute Gasteiger partial charge is 0.325 e. The van der Waals surface area contributed by atoms with Crippen LogP contribution in [0, 0.1) is 0 Å². The van der Waals surface area contributed by atoms with Crippen LogP contribution in [0.1, 0.15) is 0 Å². The van der Waals surface area contributed by atoms with Gasteiger partial charge in [0.1, 0.15) is 0 Å². The first kappa shape index (κ1) is 9.61. The van der Waals surface area contributed by atoms with Crippen molar-refractivity contribution in [2.75, 3.05) is 13.2 Å². The van der Waals surface area contributed by atoms with E-state index in [1.807, 2.05) is 0 Å². The predicted octanol–water partition coefficient (Wildman–Crippen LogP) is 1.19. The highest BCUT2D eigenvalue weighted by Crippen LogP contribution is 2.33. The summed E-state index contributed by atoms with van der Waals surface area (Å²) in [6.07, 6.45) is 0. The quantitative estimate of drug-likeness (QED) is 0.621. The zero-order valence-corrected chi connectivity index (χ0v) is 4.88. The van der Waals surface area contributed by atoms with Gasteiger partial charge in [-0.05, 0) is 0 Å². The van der Waals surface area contributed by atoms with Crippen LogP contribution >= 0.6 is 0 Å². The second-order valence-corrected chi connectivity index (χ2v) is 1.75. The summed E-state index contributed by atoms with van der Waals surface area (Å²) in [6.45, 7) is -3.94. The molecular weight excluding hydrogens is 157 g/mol. The fourth-order valence-electron chi connectivity index (χ4n) is 0.247. The first-order valence-corrected chi connectivity index (χ1v) is 2.39. The summed E-state index contributed by atoms with van der Waals surface area (Å²) in [4.78, 5) is 0. The van der Waals surface area contributed by atoms with Crippen LogP contribution < -0.4 is 5.73 Å². The summed E-state index contributed by atoms with van der Waals surface area (Å²) in [6, 6.07) is 0. The Morgan fingerprint density at radius 1 is 1.00 bits per heavy atom. The van der Waals surface area contributed by atoms with Gasteiger partial charge in [0, 0.05) is 0 Å². The molecule has 0 aliphatic carbocycles. The van der Waals surface area contributed by atoms with E-state index in [1.165, 1.54) is 0 Å². The fraction of sp³-hybridized carbons (Fsp3) is 1.00. The van der Waals surface area contributed by atoms with E-state index in [9.17, 15) is 22.0 Å². The third-order valence-corrected chi connectivity index (χ3v) is 0.959. The molecule has 0 atom stereocenters. The standard InChI is InChI=1S/C4H6F5N/c5-1-3(6,7)4(8,9)2-10/h1-2,10H2. The largest absolute Gasteiger partial charge is 0.339 e. The van der Waals surface area contributed by atoms with Crippen LogP contribution in [-0.4, -0.2) is 25.1 Å². The van der Waals surface area contributed by atoms with Crippen molar-refractivity contribution in [1.29, 1.82) is 0 Å². The molecule has 0 aliphatic rings. The molecule has 0 aromatic heterocycles. The van der Waals surface area contributed by atoms with Gasteiger partial charge >= 0.3 is 11.8 Å². The molecule has 0 saturated heterocycles. The fourth-order valence-corrected chi connectivity index (χ4v) is 0.247. The average Bonchev–Trinajstić information content (AvgIpc) is 1.88. The maximum atomic E-state index is 11.8. The van der Waals surface area contributed by atoms with Crippen molar-refractivity contribution in [3.63, 3.8) is 0 Å². The van der Waals surface area contributed by atoms with Crippen LogP contribution in [-0.2, 0) is 0 Å². The van der Waals surface area contributed by atoms with Gasteiger partial charge in [-0.1, -0.05) is 0 Å². The zero-order chi connectivity index (χ0) is 8.41. The molecule has 0 aliphatic heterocycles. The highest BCUT2D eigenvalue weighted by Gasteiger charge is 2.55. The first-order chi connectivity index (χ1) is 4.37. The highest BCUT2D eigenvalue weighted by atomic mass is 19.3. The lowest BCUT2D eigenvalue weighted by atomic mass is 10.2. The van der Waals surface area contributed by atoms with Crippen molar-refractivity contribution in [1.82, 2.24) is 0 Å². The van der Waals surface area contributed by atoms with E-state index in [0.717, 1.165) is 0 Å². The molecule has 10 heavy (non-hydrogen) atoms. The molecule has 0 aromatic carbocycles. The van der Waals surface area contributed by atoms with Gasteiger partial charge < -0.3 is 5.73 Å². The molecule has 0 unspecified atom stereocenters. The first-order valence-electron chi connectivity index (χ1n) is 2.39. The molecule has 0 saturated carbocycles. The molecule has 2 N–H and O–H groups in total. The second kappa shape index (κ2) is 2.69. The Kier molecular flexibility index (Phi) is 2.59. The van der Waals surface area contributed by atoms with Gasteiger partial charge in [0.25, 0.3) is 0 Å². The van der Waals surface area contributed by atoms with Crippen molar-refractivity contribution in [2.45, 2.75) is 11.8 Å². The third-order valence-electron chi connectivity index (χ3n) is 0.959. The molecular formula is C4H6F5N. The molecule has 0 aromatic rings. The SMILES string of the molecule is NCC(F)(F)C(F)(F)CF. The van der Waals surface area contributed by atoms with E-state index < -0.39 is 25.1 Å². The van der Waals surface area contributed by atoms with Crippen LogP contribution in [0.2, 0.25) is 0 Å². The number of rotatable bonds is 3. The van der Waals surface area contributed by atoms with E-state index in [-0.39, 0.29) is 0 Å². The van der Waals surface area contributed by atoms with Gasteiger partial charge in [0.05, 0.1) is 6.54 Å².